The molecule has 4 N–H and O–H groups in total. The van der Waals surface area contributed by atoms with Crippen LogP contribution in [0.3, 0.4) is 0 Å². The molecule has 3 heterocycles. The number of amides is 2. The Morgan fingerprint density at radius 1 is 0.894 bits per heavy atom. The van der Waals surface area contributed by atoms with Crippen molar-refractivity contribution in [2.24, 2.45) is 0 Å². The van der Waals surface area contributed by atoms with E-state index < -0.39 is 11.6 Å². The molecule has 13 heteroatoms. The van der Waals surface area contributed by atoms with Crippen LogP contribution in [-0.4, -0.2) is 38.1 Å². The number of urea groups is 1. The largest absolute Gasteiger partial charge is 0.366 e. The normalized spacial score (nSPS) is 17.5. The lowest BCUT2D eigenvalue weighted by Gasteiger charge is -2.19. The fourth-order valence-corrected chi connectivity index (χ4v) is 7.08. The van der Waals surface area contributed by atoms with E-state index in [2.05, 4.69) is 31.2 Å². The molecule has 2 saturated carbocycles. The fraction of sp³-hybridized carbons (Fsp3) is 0.324. The first-order chi connectivity index (χ1) is 22.8. The van der Waals surface area contributed by atoms with Gasteiger partial charge in [0.2, 0.25) is 5.95 Å². The molecule has 3 aromatic heterocycles. The minimum Gasteiger partial charge on any atom is -0.366 e. The Balaban J connectivity index is 1.11. The maximum atomic E-state index is 14.3. The van der Waals surface area contributed by atoms with Crippen molar-refractivity contribution in [1.29, 1.82) is 0 Å². The van der Waals surface area contributed by atoms with Gasteiger partial charge in [-0.05, 0) is 63.3 Å². The highest BCUT2D eigenvalue weighted by molar-refractivity contribution is 7.21. The van der Waals surface area contributed by atoms with E-state index in [9.17, 15) is 18.0 Å². The van der Waals surface area contributed by atoms with Gasteiger partial charge in [0.25, 0.3) is 0 Å². The van der Waals surface area contributed by atoms with E-state index in [1.54, 1.807) is 29.5 Å². The summed E-state index contributed by atoms with van der Waals surface area (Å²) in [5, 5.41) is 13.0. The van der Waals surface area contributed by atoms with E-state index >= 15 is 0 Å². The Labute approximate surface area is 273 Å². The number of pyridine rings is 1. The van der Waals surface area contributed by atoms with Gasteiger partial charge in [0.15, 0.2) is 0 Å². The van der Waals surface area contributed by atoms with Crippen molar-refractivity contribution in [3.05, 3.63) is 94.7 Å². The molecular weight excluding hydrogens is 625 g/mol. The van der Waals surface area contributed by atoms with Crippen molar-refractivity contribution in [3.63, 3.8) is 0 Å². The Kier molecular flexibility index (Phi) is 8.63. The number of hydrogen-bond acceptors (Lipinski definition) is 8. The third-order valence-electron chi connectivity index (χ3n) is 8.59. The van der Waals surface area contributed by atoms with Gasteiger partial charge in [-0.3, -0.25) is 4.98 Å². The first kappa shape index (κ1) is 30.9. The number of rotatable bonds is 10. The minimum atomic E-state index is -0.652. The van der Waals surface area contributed by atoms with E-state index in [-0.39, 0.29) is 48.5 Å². The average Bonchev–Trinajstić information content (AvgIpc) is 3.66. The van der Waals surface area contributed by atoms with Crippen LogP contribution in [0, 0.1) is 24.4 Å². The number of thiazole rings is 1. The summed E-state index contributed by atoms with van der Waals surface area (Å²) in [7, 11) is 0. The summed E-state index contributed by atoms with van der Waals surface area (Å²) in [5.74, 6) is -0.472. The van der Waals surface area contributed by atoms with Gasteiger partial charge in [-0.1, -0.05) is 24.3 Å². The van der Waals surface area contributed by atoms with Crippen LogP contribution in [0.25, 0.3) is 20.8 Å². The van der Waals surface area contributed by atoms with E-state index in [1.165, 1.54) is 24.3 Å². The molecule has 2 atom stereocenters. The lowest BCUT2D eigenvalue weighted by Crippen LogP contribution is -2.41. The van der Waals surface area contributed by atoms with Crippen LogP contribution >= 0.6 is 11.3 Å². The Hall–Kier alpha value is -4.78. The number of carbonyl (C=O) groups excluding carboxylic acids is 1. The molecule has 5 aromatic rings. The van der Waals surface area contributed by atoms with Gasteiger partial charge in [0.1, 0.15) is 33.8 Å². The molecule has 2 fully saturated rings. The maximum Gasteiger partial charge on any atom is 0.315 e. The second-order valence-electron chi connectivity index (χ2n) is 12.0. The van der Waals surface area contributed by atoms with Crippen molar-refractivity contribution in [2.45, 2.75) is 70.1 Å². The van der Waals surface area contributed by atoms with Crippen LogP contribution in [0.4, 0.5) is 29.7 Å². The summed E-state index contributed by atoms with van der Waals surface area (Å²) in [4.78, 5) is 31.7. The summed E-state index contributed by atoms with van der Waals surface area (Å²) in [6.45, 7) is 1.82. The zero-order valence-corrected chi connectivity index (χ0v) is 26.4. The lowest BCUT2D eigenvalue weighted by atomic mass is 10.2. The van der Waals surface area contributed by atoms with Crippen molar-refractivity contribution in [3.8, 4) is 10.6 Å². The number of anilines is 2. The van der Waals surface area contributed by atoms with Gasteiger partial charge in [-0.25, -0.2) is 27.9 Å². The van der Waals surface area contributed by atoms with Crippen LogP contribution in [-0.2, 0) is 13.1 Å². The molecule has 2 aromatic carbocycles. The minimum absolute atomic E-state index is 0.0325. The van der Waals surface area contributed by atoms with E-state index in [0.29, 0.717) is 29.4 Å². The second-order valence-corrected chi connectivity index (χ2v) is 13.0. The monoisotopic (exact) mass is 658 g/mol. The first-order valence-corrected chi connectivity index (χ1v) is 16.5. The molecule has 7 rings (SSSR count). The number of carbonyl (C=O) groups is 1. The number of aromatic nitrogens is 4. The number of nitrogens with zero attached hydrogens (tertiary/aromatic N) is 4. The molecule has 2 aliphatic rings. The summed E-state index contributed by atoms with van der Waals surface area (Å²) < 4.78 is 43.7. The maximum absolute atomic E-state index is 14.3. The zero-order valence-electron chi connectivity index (χ0n) is 25.6. The smallest absolute Gasteiger partial charge is 0.315 e. The van der Waals surface area contributed by atoms with Crippen LogP contribution < -0.4 is 21.3 Å². The standard InChI is InChI=1S/C34H33F3N8OS/c1-18-28(32-44-30-27(47-32)13-14-38-29(30)19-9-10-19)31(45-33(41-18)39-17-23-25(36)7-4-8-26(23)37)42-21-11-12-22(15-21)43-34(46)40-16-20-5-2-3-6-24(20)35/h2-8,13-14,19,21-22H,9-12,15-17H2,1H3,(H2,40,43,46)(H2,39,41,42,45). The quantitative estimate of drug-likeness (QED) is 0.125. The second kappa shape index (κ2) is 13.1. The van der Waals surface area contributed by atoms with Gasteiger partial charge >= 0.3 is 6.03 Å². The molecule has 2 amide bonds. The van der Waals surface area contributed by atoms with Gasteiger partial charge in [-0.2, -0.15) is 4.98 Å². The topological polar surface area (TPSA) is 117 Å². The van der Waals surface area contributed by atoms with Crippen molar-refractivity contribution in [2.75, 3.05) is 10.6 Å². The highest BCUT2D eigenvalue weighted by atomic mass is 32.1. The highest BCUT2D eigenvalue weighted by Gasteiger charge is 2.30. The number of halogens is 3. The Morgan fingerprint density at radius 3 is 2.45 bits per heavy atom. The third-order valence-corrected chi connectivity index (χ3v) is 9.63. The molecule has 242 valence electrons. The van der Waals surface area contributed by atoms with Gasteiger partial charge in [-0.15, -0.1) is 11.3 Å². The van der Waals surface area contributed by atoms with Gasteiger partial charge in [0.05, 0.1) is 21.7 Å². The van der Waals surface area contributed by atoms with E-state index in [0.717, 1.165) is 52.2 Å². The summed E-state index contributed by atoms with van der Waals surface area (Å²) in [6.07, 6.45) is 6.17. The van der Waals surface area contributed by atoms with Crippen LogP contribution in [0.15, 0.2) is 54.7 Å². The van der Waals surface area contributed by atoms with Crippen LogP contribution in [0.2, 0.25) is 0 Å². The predicted octanol–water partition coefficient (Wildman–Crippen LogP) is 7.20. The number of benzene rings is 2. The molecule has 47 heavy (non-hydrogen) atoms. The molecule has 0 spiro atoms. The zero-order chi connectivity index (χ0) is 32.5. The molecule has 0 bridgehead atoms. The third kappa shape index (κ3) is 6.85. The van der Waals surface area contributed by atoms with Crippen molar-refractivity contribution >= 4 is 39.4 Å². The Bertz CT molecular complexity index is 1930. The van der Waals surface area contributed by atoms with Crippen LogP contribution in [0.1, 0.15) is 60.5 Å². The summed E-state index contributed by atoms with van der Waals surface area (Å²) >= 11 is 1.55. The number of fused-ring (bicyclic) bond motifs is 1. The number of nitrogens with one attached hydrogen (secondary N) is 4. The van der Waals surface area contributed by atoms with E-state index in [1.807, 2.05) is 19.2 Å². The molecule has 0 radical (unpaired) electrons. The number of aryl methyl sites for hydroxylation is 1. The molecule has 0 saturated heterocycles. The van der Waals surface area contributed by atoms with Crippen molar-refractivity contribution < 1.29 is 18.0 Å². The molecule has 2 aliphatic carbocycles. The molecule has 2 unspecified atom stereocenters. The van der Waals surface area contributed by atoms with Gasteiger partial charge in [0, 0.05) is 48.4 Å². The van der Waals surface area contributed by atoms with Crippen molar-refractivity contribution in [1.82, 2.24) is 30.6 Å². The molecule has 0 aliphatic heterocycles. The molecule has 9 nitrogen and oxygen atoms in total. The van der Waals surface area contributed by atoms with E-state index in [4.69, 9.17) is 9.97 Å². The highest BCUT2D eigenvalue weighted by Crippen LogP contribution is 2.44. The summed E-state index contributed by atoms with van der Waals surface area (Å²) in [6, 6.07) is 11.6. The lowest BCUT2D eigenvalue weighted by molar-refractivity contribution is 0.236. The fourth-order valence-electron chi connectivity index (χ4n) is 6.01. The van der Waals surface area contributed by atoms with Crippen LogP contribution in [0.5, 0.6) is 0 Å². The first-order valence-electron chi connectivity index (χ1n) is 15.7. The Morgan fingerprint density at radius 2 is 1.66 bits per heavy atom. The average molecular weight is 659 g/mol. The summed E-state index contributed by atoms with van der Waals surface area (Å²) in [5.41, 5.74) is 3.62. The predicted molar refractivity (Wildman–Crippen MR) is 176 cm³/mol. The number of hydrogen-bond donors (Lipinski definition) is 4. The molecular formula is C34H33F3N8OS. The SMILES string of the molecule is Cc1nc(NCc2c(F)cccc2F)nc(NC2CCC(NC(=O)NCc3ccccc3F)C2)c1-c1nc2c(C3CC3)nccc2s1. The van der Waals surface area contributed by atoms with Gasteiger partial charge < -0.3 is 21.3 Å².